The van der Waals surface area contributed by atoms with Crippen molar-refractivity contribution in [1.29, 1.82) is 0 Å². The molecule has 34 heavy (non-hydrogen) atoms. The summed E-state index contributed by atoms with van der Waals surface area (Å²) in [7, 11) is 1.53. The van der Waals surface area contributed by atoms with E-state index >= 15 is 0 Å². The van der Waals surface area contributed by atoms with Gasteiger partial charge in [-0.05, 0) is 38.1 Å². The third kappa shape index (κ3) is 5.64. The minimum atomic E-state index is -0.377. The number of carbonyl (C=O) groups is 1. The molecule has 4 heterocycles. The molecular weight excluding hydrogens is 515 g/mol. The molecule has 8 nitrogen and oxygen atoms in total. The highest BCUT2D eigenvalue weighted by Crippen LogP contribution is 2.37. The van der Waals surface area contributed by atoms with Crippen LogP contribution in [-0.4, -0.2) is 38.2 Å². The summed E-state index contributed by atoms with van der Waals surface area (Å²) in [4.78, 5) is 25.8. The van der Waals surface area contributed by atoms with E-state index in [1.165, 1.54) is 42.6 Å². The lowest BCUT2D eigenvalue weighted by Gasteiger charge is -2.13. The number of carbonyl (C=O) groups excluding carboxylic acids is 1. The van der Waals surface area contributed by atoms with Gasteiger partial charge in [0.1, 0.15) is 10.9 Å². The van der Waals surface area contributed by atoms with Gasteiger partial charge < -0.3 is 4.74 Å². The summed E-state index contributed by atoms with van der Waals surface area (Å²) in [6.45, 7) is 3.85. The zero-order valence-corrected chi connectivity index (χ0v) is 21.4. The number of hydrogen-bond acceptors (Lipinski definition) is 9. The number of aromatic nitrogens is 5. The molecule has 12 heteroatoms. The van der Waals surface area contributed by atoms with Crippen molar-refractivity contribution >= 4 is 57.3 Å². The van der Waals surface area contributed by atoms with Gasteiger partial charge in [0.2, 0.25) is 5.13 Å². The standard InChI is InChI=1S/C22H18Cl2N6O2S2/c1-11-6-14(15-7-19(24)27-10-18(15)32-3)16(9-25-11)20(31)28-21-29-30-22(34-21)33-12(2)17-5-4-13(23)8-26-17/h4-10,12H,1-3H3,(H,28,29,31). The number of nitrogens with one attached hydrogen (secondary N) is 1. The van der Waals surface area contributed by atoms with Gasteiger partial charge in [-0.25, -0.2) is 4.98 Å². The molecule has 0 saturated heterocycles. The summed E-state index contributed by atoms with van der Waals surface area (Å²) < 4.78 is 6.12. The quantitative estimate of drug-likeness (QED) is 0.172. The van der Waals surface area contributed by atoms with Gasteiger partial charge in [-0.3, -0.25) is 20.1 Å². The second-order valence-electron chi connectivity index (χ2n) is 7.07. The van der Waals surface area contributed by atoms with Crippen LogP contribution in [0.15, 0.2) is 47.2 Å². The monoisotopic (exact) mass is 532 g/mol. The third-order valence-corrected chi connectivity index (χ3v) is 7.18. The normalized spacial score (nSPS) is 11.8. The van der Waals surface area contributed by atoms with Crippen LogP contribution in [0.2, 0.25) is 10.2 Å². The Morgan fingerprint density at radius 1 is 1.09 bits per heavy atom. The van der Waals surface area contributed by atoms with Crippen molar-refractivity contribution in [2.75, 3.05) is 12.4 Å². The molecule has 0 aliphatic heterocycles. The molecule has 1 N–H and O–H groups in total. The van der Waals surface area contributed by atoms with E-state index in [0.717, 1.165) is 11.4 Å². The maximum absolute atomic E-state index is 13.2. The zero-order valence-electron chi connectivity index (χ0n) is 18.2. The summed E-state index contributed by atoms with van der Waals surface area (Å²) in [6, 6.07) is 7.11. The summed E-state index contributed by atoms with van der Waals surface area (Å²) in [5, 5.41) is 12.4. The number of nitrogens with zero attached hydrogens (tertiary/aromatic N) is 5. The highest BCUT2D eigenvalue weighted by atomic mass is 35.5. The van der Waals surface area contributed by atoms with E-state index in [1.54, 1.807) is 24.4 Å². The zero-order chi connectivity index (χ0) is 24.2. The predicted molar refractivity (Wildman–Crippen MR) is 135 cm³/mol. The topological polar surface area (TPSA) is 103 Å². The molecule has 174 valence electrons. The molecular formula is C22H18Cl2N6O2S2. The number of hydrogen-bond donors (Lipinski definition) is 1. The minimum Gasteiger partial charge on any atom is -0.494 e. The summed E-state index contributed by atoms with van der Waals surface area (Å²) in [5.41, 5.74) is 3.20. The lowest BCUT2D eigenvalue weighted by molar-refractivity contribution is 0.102. The van der Waals surface area contributed by atoms with E-state index in [2.05, 4.69) is 30.5 Å². The fraction of sp³-hybridized carbons (Fsp3) is 0.182. The van der Waals surface area contributed by atoms with Crippen LogP contribution in [0.3, 0.4) is 0 Å². The maximum atomic E-state index is 13.2. The smallest absolute Gasteiger partial charge is 0.259 e. The Morgan fingerprint density at radius 2 is 1.91 bits per heavy atom. The van der Waals surface area contributed by atoms with Crippen molar-refractivity contribution in [3.05, 3.63) is 70.0 Å². The van der Waals surface area contributed by atoms with Crippen LogP contribution in [0.4, 0.5) is 5.13 Å². The van der Waals surface area contributed by atoms with Crippen molar-refractivity contribution in [2.24, 2.45) is 0 Å². The average Bonchev–Trinajstić information content (AvgIpc) is 3.25. The van der Waals surface area contributed by atoms with Gasteiger partial charge in [0, 0.05) is 29.2 Å². The number of thioether (sulfide) groups is 1. The van der Waals surface area contributed by atoms with Crippen molar-refractivity contribution in [2.45, 2.75) is 23.4 Å². The molecule has 0 aliphatic rings. The van der Waals surface area contributed by atoms with Crippen LogP contribution in [0.5, 0.6) is 5.75 Å². The lowest BCUT2D eigenvalue weighted by Crippen LogP contribution is -2.14. The van der Waals surface area contributed by atoms with Gasteiger partial charge in [0.15, 0.2) is 4.34 Å². The predicted octanol–water partition coefficient (Wildman–Crippen LogP) is 6.12. The largest absolute Gasteiger partial charge is 0.494 e. The van der Waals surface area contributed by atoms with Crippen molar-refractivity contribution in [1.82, 2.24) is 25.1 Å². The highest BCUT2D eigenvalue weighted by molar-refractivity contribution is 8.01. The minimum absolute atomic E-state index is 0.0329. The molecule has 0 bridgehead atoms. The molecule has 1 unspecified atom stereocenters. The number of halogens is 2. The fourth-order valence-corrected chi connectivity index (χ4v) is 5.32. The maximum Gasteiger partial charge on any atom is 0.259 e. The Kier molecular flexibility index (Phi) is 7.62. The summed E-state index contributed by atoms with van der Waals surface area (Å²) >= 11 is 14.8. The van der Waals surface area contributed by atoms with Gasteiger partial charge in [-0.1, -0.05) is 46.3 Å². The van der Waals surface area contributed by atoms with Gasteiger partial charge in [-0.2, -0.15) is 0 Å². The van der Waals surface area contributed by atoms with E-state index in [1.807, 2.05) is 19.9 Å². The van der Waals surface area contributed by atoms with E-state index in [0.29, 0.717) is 36.9 Å². The Labute approximate surface area is 214 Å². The summed E-state index contributed by atoms with van der Waals surface area (Å²) in [6.07, 6.45) is 4.64. The van der Waals surface area contributed by atoms with Crippen LogP contribution in [0, 0.1) is 6.92 Å². The molecule has 0 radical (unpaired) electrons. The summed E-state index contributed by atoms with van der Waals surface area (Å²) in [5.74, 6) is 0.112. The van der Waals surface area contributed by atoms with E-state index in [4.69, 9.17) is 27.9 Å². The highest BCUT2D eigenvalue weighted by Gasteiger charge is 2.20. The molecule has 0 aromatic carbocycles. The SMILES string of the molecule is COc1cnc(Cl)cc1-c1cc(C)ncc1C(=O)Nc1nnc(SC(C)c2ccc(Cl)cn2)s1. The molecule has 0 aliphatic carbocycles. The molecule has 0 saturated carbocycles. The Bertz CT molecular complexity index is 1330. The average molecular weight is 533 g/mol. The Balaban J connectivity index is 1.55. The van der Waals surface area contributed by atoms with Crippen molar-refractivity contribution in [3.63, 3.8) is 0 Å². The Morgan fingerprint density at radius 3 is 2.65 bits per heavy atom. The van der Waals surface area contributed by atoms with Gasteiger partial charge >= 0.3 is 0 Å². The molecule has 0 spiro atoms. The fourth-order valence-electron chi connectivity index (χ4n) is 3.07. The number of aryl methyl sites for hydroxylation is 1. The van der Waals surface area contributed by atoms with Gasteiger partial charge in [-0.15, -0.1) is 10.2 Å². The van der Waals surface area contributed by atoms with Crippen molar-refractivity contribution < 1.29 is 9.53 Å². The second-order valence-corrected chi connectivity index (χ2v) is 10.5. The third-order valence-electron chi connectivity index (χ3n) is 4.70. The molecule has 4 rings (SSSR count). The van der Waals surface area contributed by atoms with Crippen LogP contribution >= 0.6 is 46.3 Å². The van der Waals surface area contributed by atoms with Crippen LogP contribution in [-0.2, 0) is 0 Å². The first kappa shape index (κ1) is 24.3. The first-order valence-electron chi connectivity index (χ1n) is 9.93. The lowest BCUT2D eigenvalue weighted by atomic mass is 10.0. The van der Waals surface area contributed by atoms with Crippen molar-refractivity contribution in [3.8, 4) is 16.9 Å². The van der Waals surface area contributed by atoms with E-state index in [9.17, 15) is 4.79 Å². The van der Waals surface area contributed by atoms with E-state index < -0.39 is 0 Å². The van der Waals surface area contributed by atoms with Crippen LogP contribution in [0.1, 0.15) is 33.9 Å². The molecule has 4 aromatic rings. The number of amides is 1. The van der Waals surface area contributed by atoms with Crippen LogP contribution in [0.25, 0.3) is 11.1 Å². The molecule has 1 atom stereocenters. The van der Waals surface area contributed by atoms with E-state index in [-0.39, 0.29) is 16.3 Å². The number of methoxy groups -OCH3 is 1. The number of ether oxygens (including phenoxy) is 1. The molecule has 0 fully saturated rings. The first-order valence-corrected chi connectivity index (χ1v) is 12.4. The number of anilines is 1. The molecule has 1 amide bonds. The Hall–Kier alpha value is -2.79. The van der Waals surface area contributed by atoms with Crippen LogP contribution < -0.4 is 10.1 Å². The molecule has 4 aromatic heterocycles. The van der Waals surface area contributed by atoms with Gasteiger partial charge in [0.05, 0.1) is 34.8 Å². The first-order chi connectivity index (χ1) is 16.3. The number of rotatable bonds is 7. The number of pyridine rings is 3. The second kappa shape index (κ2) is 10.6. The van der Waals surface area contributed by atoms with Gasteiger partial charge in [0.25, 0.3) is 5.91 Å².